The molecule has 1 heterocycles. The zero-order chi connectivity index (χ0) is 11.3. The summed E-state index contributed by atoms with van der Waals surface area (Å²) in [5.41, 5.74) is 0. The molecule has 4 heteroatoms. The number of hydrogen-bond donors (Lipinski definition) is 1. The first-order chi connectivity index (χ1) is 7.13. The minimum Gasteiger partial charge on any atom is -0.372 e. The Morgan fingerprint density at radius 1 is 1.60 bits per heavy atom. The highest BCUT2D eigenvalue weighted by Crippen LogP contribution is 2.21. The summed E-state index contributed by atoms with van der Waals surface area (Å²) in [4.78, 5) is 13.8. The van der Waals surface area contributed by atoms with E-state index in [1.54, 1.807) is 11.3 Å². The monoisotopic (exact) mass is 227 g/mol. The number of rotatable bonds is 5. The average Bonchev–Trinajstić information content (AvgIpc) is 2.61. The van der Waals surface area contributed by atoms with E-state index >= 15 is 0 Å². The first-order valence-electron chi connectivity index (χ1n) is 5.07. The van der Waals surface area contributed by atoms with Gasteiger partial charge in [0, 0.05) is 16.4 Å². The highest BCUT2D eigenvalue weighted by atomic mass is 32.1. The third-order valence-corrected chi connectivity index (χ3v) is 3.19. The molecule has 0 aliphatic heterocycles. The van der Waals surface area contributed by atoms with Crippen LogP contribution in [0.2, 0.25) is 0 Å². The maximum Gasteiger partial charge on any atom is 0.246 e. The molecule has 3 nitrogen and oxygen atoms in total. The molecule has 1 aromatic rings. The standard InChI is InChI=1S/C11H17NO2S/c1-4-14-7-11(13)12-9(3)10-6-5-8(2)15-10/h5-6,9H,4,7H2,1-3H3,(H,12,13). The van der Waals surface area contributed by atoms with Gasteiger partial charge in [0.2, 0.25) is 5.91 Å². The second-order valence-electron chi connectivity index (χ2n) is 3.37. The number of ether oxygens (including phenoxy) is 1. The number of amides is 1. The maximum absolute atomic E-state index is 11.4. The quantitative estimate of drug-likeness (QED) is 0.838. The van der Waals surface area contributed by atoms with Crippen LogP contribution in [0.3, 0.4) is 0 Å². The molecule has 0 saturated heterocycles. The second kappa shape index (κ2) is 5.88. The van der Waals surface area contributed by atoms with Gasteiger partial charge in [-0.1, -0.05) is 0 Å². The zero-order valence-corrected chi connectivity index (χ0v) is 10.2. The highest BCUT2D eigenvalue weighted by molar-refractivity contribution is 7.12. The van der Waals surface area contributed by atoms with E-state index in [0.717, 1.165) is 0 Å². The lowest BCUT2D eigenvalue weighted by molar-refractivity contribution is -0.126. The molecule has 1 N–H and O–H groups in total. The second-order valence-corrected chi connectivity index (χ2v) is 4.69. The highest BCUT2D eigenvalue weighted by Gasteiger charge is 2.10. The van der Waals surface area contributed by atoms with E-state index in [1.807, 2.05) is 19.9 Å². The number of nitrogens with one attached hydrogen (secondary N) is 1. The molecular weight excluding hydrogens is 210 g/mol. The van der Waals surface area contributed by atoms with Gasteiger partial charge in [-0.25, -0.2) is 0 Å². The number of thiophene rings is 1. The van der Waals surface area contributed by atoms with E-state index in [4.69, 9.17) is 4.74 Å². The Morgan fingerprint density at radius 2 is 2.33 bits per heavy atom. The molecule has 15 heavy (non-hydrogen) atoms. The summed E-state index contributed by atoms with van der Waals surface area (Å²) >= 11 is 1.71. The van der Waals surface area contributed by atoms with E-state index in [1.165, 1.54) is 9.75 Å². The van der Waals surface area contributed by atoms with Crippen LogP contribution in [0.25, 0.3) is 0 Å². The number of aryl methyl sites for hydroxylation is 1. The van der Waals surface area contributed by atoms with Crippen LogP contribution >= 0.6 is 11.3 Å². The van der Waals surface area contributed by atoms with Crippen LogP contribution < -0.4 is 5.32 Å². The van der Waals surface area contributed by atoms with Gasteiger partial charge in [0.1, 0.15) is 6.61 Å². The Bertz CT molecular complexity index is 322. The van der Waals surface area contributed by atoms with Crippen molar-refractivity contribution in [2.24, 2.45) is 0 Å². The predicted octanol–water partition coefficient (Wildman–Crippen LogP) is 2.27. The fourth-order valence-electron chi connectivity index (χ4n) is 1.24. The molecule has 1 amide bonds. The Labute approximate surface area is 94.5 Å². The van der Waals surface area contributed by atoms with Gasteiger partial charge in [-0.15, -0.1) is 11.3 Å². The molecule has 0 aromatic carbocycles. The third-order valence-electron chi connectivity index (χ3n) is 2.00. The van der Waals surface area contributed by atoms with E-state index in [0.29, 0.717) is 6.61 Å². The lowest BCUT2D eigenvalue weighted by Crippen LogP contribution is -2.29. The Morgan fingerprint density at radius 3 is 2.87 bits per heavy atom. The van der Waals surface area contributed by atoms with Crippen LogP contribution in [0.15, 0.2) is 12.1 Å². The van der Waals surface area contributed by atoms with Gasteiger partial charge in [0.05, 0.1) is 6.04 Å². The third kappa shape index (κ3) is 4.01. The van der Waals surface area contributed by atoms with Crippen LogP contribution in [0.4, 0.5) is 0 Å². The van der Waals surface area contributed by atoms with Crippen molar-refractivity contribution < 1.29 is 9.53 Å². The molecule has 1 atom stereocenters. The number of hydrogen-bond acceptors (Lipinski definition) is 3. The van der Waals surface area contributed by atoms with Crippen LogP contribution in [0.1, 0.15) is 29.6 Å². The molecule has 1 unspecified atom stereocenters. The van der Waals surface area contributed by atoms with Crippen molar-refractivity contribution in [3.05, 3.63) is 21.9 Å². The van der Waals surface area contributed by atoms with Gasteiger partial charge in [0.15, 0.2) is 0 Å². The SMILES string of the molecule is CCOCC(=O)NC(C)c1ccc(C)s1. The van der Waals surface area contributed by atoms with Crippen molar-refractivity contribution in [3.8, 4) is 0 Å². The van der Waals surface area contributed by atoms with Crippen molar-refractivity contribution in [1.82, 2.24) is 5.32 Å². The molecule has 0 aliphatic carbocycles. The Hall–Kier alpha value is -0.870. The average molecular weight is 227 g/mol. The lowest BCUT2D eigenvalue weighted by Gasteiger charge is -2.11. The predicted molar refractivity (Wildman–Crippen MR) is 62.1 cm³/mol. The smallest absolute Gasteiger partial charge is 0.246 e. The van der Waals surface area contributed by atoms with Crippen molar-refractivity contribution in [2.45, 2.75) is 26.8 Å². The molecule has 1 aromatic heterocycles. The van der Waals surface area contributed by atoms with E-state index in [9.17, 15) is 4.79 Å². The van der Waals surface area contributed by atoms with Crippen LogP contribution in [0, 0.1) is 6.92 Å². The van der Waals surface area contributed by atoms with Gasteiger partial charge < -0.3 is 10.1 Å². The molecule has 0 fully saturated rings. The van der Waals surface area contributed by atoms with Crippen LogP contribution in [-0.4, -0.2) is 19.1 Å². The Balaban J connectivity index is 2.41. The summed E-state index contributed by atoms with van der Waals surface area (Å²) in [5, 5.41) is 2.89. The van der Waals surface area contributed by atoms with Crippen molar-refractivity contribution in [1.29, 1.82) is 0 Å². The molecule has 0 spiro atoms. The first kappa shape index (κ1) is 12.2. The fraction of sp³-hybridized carbons (Fsp3) is 0.545. The molecule has 1 rings (SSSR count). The molecule has 84 valence electrons. The van der Waals surface area contributed by atoms with Gasteiger partial charge >= 0.3 is 0 Å². The minimum atomic E-state index is -0.0598. The van der Waals surface area contributed by atoms with Gasteiger partial charge in [-0.3, -0.25) is 4.79 Å². The summed E-state index contributed by atoms with van der Waals surface area (Å²) in [5.74, 6) is -0.0598. The van der Waals surface area contributed by atoms with E-state index in [-0.39, 0.29) is 18.6 Å². The van der Waals surface area contributed by atoms with Crippen molar-refractivity contribution in [2.75, 3.05) is 13.2 Å². The summed E-state index contributed by atoms with van der Waals surface area (Å²) in [6, 6.07) is 4.17. The molecule has 0 radical (unpaired) electrons. The van der Waals surface area contributed by atoms with Gasteiger partial charge in [-0.05, 0) is 32.9 Å². The summed E-state index contributed by atoms with van der Waals surface area (Å²) in [6.07, 6.45) is 0. The zero-order valence-electron chi connectivity index (χ0n) is 9.37. The summed E-state index contributed by atoms with van der Waals surface area (Å²) < 4.78 is 5.03. The summed E-state index contributed by atoms with van der Waals surface area (Å²) in [6.45, 7) is 6.63. The fourth-order valence-corrected chi connectivity index (χ4v) is 2.11. The van der Waals surface area contributed by atoms with Gasteiger partial charge in [-0.2, -0.15) is 0 Å². The number of carbonyl (C=O) groups is 1. The topological polar surface area (TPSA) is 38.3 Å². The summed E-state index contributed by atoms with van der Waals surface area (Å²) in [7, 11) is 0. The molecule has 0 aliphatic rings. The molecule has 0 saturated carbocycles. The van der Waals surface area contributed by atoms with Crippen molar-refractivity contribution in [3.63, 3.8) is 0 Å². The van der Waals surface area contributed by atoms with Crippen molar-refractivity contribution >= 4 is 17.2 Å². The lowest BCUT2D eigenvalue weighted by atomic mass is 10.2. The largest absolute Gasteiger partial charge is 0.372 e. The molecule has 0 bridgehead atoms. The van der Waals surface area contributed by atoms with Crippen LogP contribution in [-0.2, 0) is 9.53 Å². The number of carbonyl (C=O) groups excluding carboxylic acids is 1. The Kier molecular flexibility index (Phi) is 4.78. The van der Waals surface area contributed by atoms with Gasteiger partial charge in [0.25, 0.3) is 0 Å². The van der Waals surface area contributed by atoms with Crippen LogP contribution in [0.5, 0.6) is 0 Å². The van der Waals surface area contributed by atoms with E-state index < -0.39 is 0 Å². The molecular formula is C11H17NO2S. The van der Waals surface area contributed by atoms with E-state index in [2.05, 4.69) is 18.3 Å². The normalized spacial score (nSPS) is 12.5. The minimum absolute atomic E-state index is 0.0598. The first-order valence-corrected chi connectivity index (χ1v) is 5.88. The maximum atomic E-state index is 11.4.